The van der Waals surface area contributed by atoms with Crippen molar-refractivity contribution in [3.05, 3.63) is 72.1 Å². The molecule has 0 aliphatic heterocycles. The van der Waals surface area contributed by atoms with Gasteiger partial charge in [0.2, 0.25) is 0 Å². The van der Waals surface area contributed by atoms with Crippen LogP contribution in [-0.2, 0) is 6.54 Å². The largest absolute Gasteiger partial charge is 0.497 e. The van der Waals surface area contributed by atoms with E-state index in [1.54, 1.807) is 19.2 Å². The molecule has 124 valence electrons. The van der Waals surface area contributed by atoms with Crippen molar-refractivity contribution < 1.29 is 4.74 Å². The maximum absolute atomic E-state index is 8.96. The highest BCUT2D eigenvalue weighted by molar-refractivity contribution is 5.60. The van der Waals surface area contributed by atoms with Gasteiger partial charge in [-0.2, -0.15) is 5.26 Å². The van der Waals surface area contributed by atoms with Crippen molar-refractivity contribution in [2.24, 2.45) is 0 Å². The van der Waals surface area contributed by atoms with Crippen LogP contribution >= 0.6 is 0 Å². The Bertz CT molecular complexity index is 887. The van der Waals surface area contributed by atoms with E-state index in [0.717, 1.165) is 17.0 Å². The number of benzene rings is 2. The van der Waals surface area contributed by atoms with E-state index in [0.29, 0.717) is 23.7 Å². The molecule has 3 rings (SSSR count). The molecule has 2 N–H and O–H groups in total. The van der Waals surface area contributed by atoms with E-state index in [1.807, 2.05) is 42.5 Å². The number of hydrogen-bond donors (Lipinski definition) is 2. The molecule has 0 saturated carbocycles. The predicted molar refractivity (Wildman–Crippen MR) is 96.8 cm³/mol. The molecule has 3 aromatic rings. The summed E-state index contributed by atoms with van der Waals surface area (Å²) in [5.41, 5.74) is 2.52. The van der Waals surface area contributed by atoms with E-state index in [4.69, 9.17) is 10.00 Å². The Labute approximate surface area is 146 Å². The molecule has 6 heteroatoms. The SMILES string of the molecule is COc1ccc(CNc2cc(Nc3cccc(C#N)c3)ncn2)cc1. The fraction of sp³-hybridized carbons (Fsp3) is 0.105. The van der Waals surface area contributed by atoms with Crippen molar-refractivity contribution in [1.82, 2.24) is 9.97 Å². The lowest BCUT2D eigenvalue weighted by atomic mass is 10.2. The average Bonchev–Trinajstić information content (AvgIpc) is 2.67. The highest BCUT2D eigenvalue weighted by Gasteiger charge is 2.01. The maximum Gasteiger partial charge on any atom is 0.135 e. The van der Waals surface area contributed by atoms with E-state index in [1.165, 1.54) is 6.33 Å². The first-order valence-electron chi connectivity index (χ1n) is 7.73. The molecule has 2 aromatic carbocycles. The number of aromatic nitrogens is 2. The third-order valence-electron chi connectivity index (χ3n) is 3.56. The van der Waals surface area contributed by atoms with E-state index < -0.39 is 0 Å². The van der Waals surface area contributed by atoms with Gasteiger partial charge in [0.15, 0.2) is 0 Å². The highest BCUT2D eigenvalue weighted by atomic mass is 16.5. The summed E-state index contributed by atoms with van der Waals surface area (Å²) in [5, 5.41) is 15.4. The second kappa shape index (κ2) is 7.79. The highest BCUT2D eigenvalue weighted by Crippen LogP contribution is 2.18. The molecule has 0 bridgehead atoms. The number of rotatable bonds is 6. The van der Waals surface area contributed by atoms with Crippen molar-refractivity contribution in [3.8, 4) is 11.8 Å². The number of methoxy groups -OCH3 is 1. The molecule has 0 radical (unpaired) electrons. The van der Waals surface area contributed by atoms with Crippen LogP contribution in [0.1, 0.15) is 11.1 Å². The molecule has 1 aromatic heterocycles. The first kappa shape index (κ1) is 16.3. The molecule has 0 aliphatic carbocycles. The maximum atomic E-state index is 8.96. The van der Waals surface area contributed by atoms with Gasteiger partial charge in [-0.15, -0.1) is 0 Å². The molecule has 0 saturated heterocycles. The van der Waals surface area contributed by atoms with E-state index >= 15 is 0 Å². The van der Waals surface area contributed by atoms with Crippen LogP contribution in [0.15, 0.2) is 60.9 Å². The minimum Gasteiger partial charge on any atom is -0.497 e. The Balaban J connectivity index is 1.65. The lowest BCUT2D eigenvalue weighted by molar-refractivity contribution is 0.414. The van der Waals surface area contributed by atoms with Crippen LogP contribution in [0, 0.1) is 11.3 Å². The predicted octanol–water partition coefficient (Wildman–Crippen LogP) is 3.71. The summed E-state index contributed by atoms with van der Waals surface area (Å²) < 4.78 is 5.15. The molecule has 0 aliphatic rings. The number of ether oxygens (including phenoxy) is 1. The molecule has 0 atom stereocenters. The first-order chi connectivity index (χ1) is 12.3. The summed E-state index contributed by atoms with van der Waals surface area (Å²) in [6.07, 6.45) is 1.49. The van der Waals surface area contributed by atoms with Crippen molar-refractivity contribution in [1.29, 1.82) is 5.26 Å². The summed E-state index contributed by atoms with van der Waals surface area (Å²) in [6, 6.07) is 19.0. The fourth-order valence-corrected chi connectivity index (χ4v) is 2.27. The third kappa shape index (κ3) is 4.45. The Morgan fingerprint density at radius 1 is 1.04 bits per heavy atom. The van der Waals surface area contributed by atoms with Crippen LogP contribution in [0.25, 0.3) is 0 Å². The van der Waals surface area contributed by atoms with E-state index in [-0.39, 0.29) is 0 Å². The summed E-state index contributed by atoms with van der Waals surface area (Å²) in [7, 11) is 1.65. The lowest BCUT2D eigenvalue weighted by Gasteiger charge is -2.09. The van der Waals surface area contributed by atoms with Crippen molar-refractivity contribution in [2.45, 2.75) is 6.54 Å². The molecular weight excluding hydrogens is 314 g/mol. The third-order valence-corrected chi connectivity index (χ3v) is 3.56. The topological polar surface area (TPSA) is 82.9 Å². The average molecular weight is 331 g/mol. The second-order valence-electron chi connectivity index (χ2n) is 5.31. The number of nitrogens with one attached hydrogen (secondary N) is 2. The van der Waals surface area contributed by atoms with Gasteiger partial charge in [-0.25, -0.2) is 9.97 Å². The minimum atomic E-state index is 0.594. The van der Waals surface area contributed by atoms with E-state index in [2.05, 4.69) is 26.7 Å². The van der Waals surface area contributed by atoms with Crippen LogP contribution in [0.5, 0.6) is 5.75 Å². The zero-order chi connectivity index (χ0) is 17.5. The van der Waals surface area contributed by atoms with Crippen LogP contribution in [0.3, 0.4) is 0 Å². The Morgan fingerprint density at radius 3 is 2.60 bits per heavy atom. The first-order valence-corrected chi connectivity index (χ1v) is 7.73. The molecule has 0 spiro atoms. The summed E-state index contributed by atoms with van der Waals surface area (Å²) in [4.78, 5) is 8.43. The normalized spacial score (nSPS) is 9.92. The van der Waals surface area contributed by atoms with Gasteiger partial charge in [0.1, 0.15) is 23.7 Å². The molecule has 1 heterocycles. The monoisotopic (exact) mass is 331 g/mol. The molecule has 25 heavy (non-hydrogen) atoms. The van der Waals surface area contributed by atoms with Crippen LogP contribution in [0.2, 0.25) is 0 Å². The number of nitrogens with zero attached hydrogens (tertiary/aromatic N) is 3. The fourth-order valence-electron chi connectivity index (χ4n) is 2.27. The Kier molecular flexibility index (Phi) is 5.07. The summed E-state index contributed by atoms with van der Waals surface area (Å²) >= 11 is 0. The van der Waals surface area contributed by atoms with Gasteiger partial charge >= 0.3 is 0 Å². The van der Waals surface area contributed by atoms with Gasteiger partial charge < -0.3 is 15.4 Å². The smallest absolute Gasteiger partial charge is 0.135 e. The van der Waals surface area contributed by atoms with Gasteiger partial charge in [-0.05, 0) is 35.9 Å². The quantitative estimate of drug-likeness (QED) is 0.716. The van der Waals surface area contributed by atoms with Crippen LogP contribution in [0.4, 0.5) is 17.3 Å². The molecule has 0 amide bonds. The van der Waals surface area contributed by atoms with Crippen LogP contribution < -0.4 is 15.4 Å². The lowest BCUT2D eigenvalue weighted by Crippen LogP contribution is -2.03. The van der Waals surface area contributed by atoms with Crippen LogP contribution in [-0.4, -0.2) is 17.1 Å². The number of hydrogen-bond acceptors (Lipinski definition) is 6. The Hall–Kier alpha value is -3.59. The van der Waals surface area contributed by atoms with Crippen molar-refractivity contribution in [3.63, 3.8) is 0 Å². The van der Waals surface area contributed by atoms with Gasteiger partial charge in [-0.1, -0.05) is 18.2 Å². The molecule has 6 nitrogen and oxygen atoms in total. The van der Waals surface area contributed by atoms with Gasteiger partial charge in [0.05, 0.1) is 18.7 Å². The zero-order valence-corrected chi connectivity index (χ0v) is 13.7. The van der Waals surface area contributed by atoms with Gasteiger partial charge in [0.25, 0.3) is 0 Å². The zero-order valence-electron chi connectivity index (χ0n) is 13.7. The second-order valence-corrected chi connectivity index (χ2v) is 5.31. The summed E-state index contributed by atoms with van der Waals surface area (Å²) in [5.74, 6) is 2.20. The Morgan fingerprint density at radius 2 is 1.84 bits per heavy atom. The van der Waals surface area contributed by atoms with Crippen molar-refractivity contribution >= 4 is 17.3 Å². The van der Waals surface area contributed by atoms with E-state index in [9.17, 15) is 0 Å². The minimum absolute atomic E-state index is 0.594. The number of nitriles is 1. The molecular formula is C19H17N5O. The van der Waals surface area contributed by atoms with Crippen molar-refractivity contribution in [2.75, 3.05) is 17.7 Å². The molecule has 0 fully saturated rings. The van der Waals surface area contributed by atoms with Gasteiger partial charge in [0, 0.05) is 18.3 Å². The molecule has 0 unspecified atom stereocenters. The number of anilines is 3. The summed E-state index contributed by atoms with van der Waals surface area (Å²) in [6.45, 7) is 0.643. The standard InChI is InChI=1S/C19H17N5O/c1-25-17-7-5-14(6-8-17)12-21-18-10-19(23-13-22-18)24-16-4-2-3-15(9-16)11-20/h2-10,13H,12H2,1H3,(H2,21,22,23,24). The van der Waals surface area contributed by atoms with Gasteiger partial charge in [-0.3, -0.25) is 0 Å².